The Bertz CT molecular complexity index is 633. The second-order valence-corrected chi connectivity index (χ2v) is 8.16. The Labute approximate surface area is 140 Å². The number of nitrogens with one attached hydrogen (secondary N) is 1. The van der Waals surface area contributed by atoms with Gasteiger partial charge >= 0.3 is 0 Å². The Morgan fingerprint density at radius 2 is 1.77 bits per heavy atom. The van der Waals surface area contributed by atoms with Crippen LogP contribution < -0.4 is 14.2 Å². The first-order valence-corrected chi connectivity index (χ1v) is 9.60. The van der Waals surface area contributed by atoms with Crippen molar-refractivity contribution in [3.05, 3.63) is 16.6 Å². The molecule has 2 rings (SSSR count). The van der Waals surface area contributed by atoms with Gasteiger partial charge in [0.25, 0.3) is 0 Å². The molecule has 1 aromatic carbocycles. The minimum absolute atomic E-state index is 0.0295. The molecule has 124 valence electrons. The molecule has 0 spiro atoms. The number of sulfonamides is 1. The van der Waals surface area contributed by atoms with Crippen LogP contribution in [0.1, 0.15) is 32.6 Å². The lowest BCUT2D eigenvalue weighted by Crippen LogP contribution is -2.41. The van der Waals surface area contributed by atoms with E-state index in [1.807, 2.05) is 0 Å². The maximum atomic E-state index is 12.7. The van der Waals surface area contributed by atoms with E-state index in [0.29, 0.717) is 21.9 Å². The maximum absolute atomic E-state index is 12.7. The van der Waals surface area contributed by atoms with E-state index in [0.717, 1.165) is 25.7 Å². The monoisotopic (exact) mass is 391 g/mol. The van der Waals surface area contributed by atoms with E-state index in [4.69, 9.17) is 9.47 Å². The van der Waals surface area contributed by atoms with E-state index in [9.17, 15) is 8.42 Å². The molecule has 22 heavy (non-hydrogen) atoms. The predicted molar refractivity (Wildman–Crippen MR) is 89.0 cm³/mol. The summed E-state index contributed by atoms with van der Waals surface area (Å²) in [4.78, 5) is 0.104. The lowest BCUT2D eigenvalue weighted by atomic mass is 9.87. The third-order valence-electron chi connectivity index (χ3n) is 4.15. The molecule has 0 radical (unpaired) electrons. The summed E-state index contributed by atoms with van der Waals surface area (Å²) in [7, 11) is -0.706. The van der Waals surface area contributed by atoms with Crippen molar-refractivity contribution in [2.24, 2.45) is 5.92 Å². The second-order valence-electron chi connectivity index (χ2n) is 5.63. The molecule has 0 amide bonds. The minimum atomic E-state index is -3.66. The van der Waals surface area contributed by atoms with Crippen molar-refractivity contribution < 1.29 is 17.9 Å². The number of benzene rings is 1. The Hall–Kier alpha value is -0.790. The van der Waals surface area contributed by atoms with Crippen molar-refractivity contribution in [2.45, 2.75) is 43.5 Å². The zero-order valence-electron chi connectivity index (χ0n) is 13.1. The number of rotatable bonds is 5. The van der Waals surface area contributed by atoms with Crippen LogP contribution in [-0.4, -0.2) is 28.7 Å². The van der Waals surface area contributed by atoms with Crippen LogP contribution in [0.25, 0.3) is 0 Å². The van der Waals surface area contributed by atoms with E-state index >= 15 is 0 Å². The zero-order valence-corrected chi connectivity index (χ0v) is 15.5. The molecule has 0 aromatic heterocycles. The summed E-state index contributed by atoms with van der Waals surface area (Å²) < 4.78 is 39.4. The molecule has 0 saturated heterocycles. The fourth-order valence-corrected chi connectivity index (χ4v) is 4.83. The zero-order chi connectivity index (χ0) is 16.3. The van der Waals surface area contributed by atoms with Gasteiger partial charge in [-0.05, 0) is 40.8 Å². The molecule has 1 fully saturated rings. The van der Waals surface area contributed by atoms with Gasteiger partial charge in [-0.25, -0.2) is 13.1 Å². The highest BCUT2D eigenvalue weighted by atomic mass is 79.9. The van der Waals surface area contributed by atoms with Gasteiger partial charge in [0.15, 0.2) is 0 Å². The average Bonchev–Trinajstić information content (AvgIpc) is 2.48. The first-order chi connectivity index (χ1) is 10.4. The van der Waals surface area contributed by atoms with Gasteiger partial charge in [0, 0.05) is 12.1 Å². The topological polar surface area (TPSA) is 64.6 Å². The molecule has 1 saturated carbocycles. The van der Waals surface area contributed by atoms with Crippen molar-refractivity contribution in [3.63, 3.8) is 0 Å². The van der Waals surface area contributed by atoms with Crippen LogP contribution in [0.4, 0.5) is 0 Å². The van der Waals surface area contributed by atoms with Crippen molar-refractivity contribution in [1.29, 1.82) is 0 Å². The molecule has 1 aromatic rings. The summed E-state index contributed by atoms with van der Waals surface area (Å²) in [6, 6.07) is 3.06. The molecule has 7 heteroatoms. The summed E-state index contributed by atoms with van der Waals surface area (Å²) in [5, 5.41) is 0. The molecule has 5 nitrogen and oxygen atoms in total. The molecule has 1 aliphatic carbocycles. The first kappa shape index (κ1) is 17.6. The van der Waals surface area contributed by atoms with Crippen molar-refractivity contribution in [3.8, 4) is 11.5 Å². The summed E-state index contributed by atoms with van der Waals surface area (Å²) in [5.74, 6) is 1.09. The molecule has 0 heterocycles. The van der Waals surface area contributed by atoms with Gasteiger partial charge < -0.3 is 9.47 Å². The average molecular weight is 392 g/mol. The highest BCUT2D eigenvalue weighted by Gasteiger charge is 2.29. The highest BCUT2D eigenvalue weighted by Crippen LogP contribution is 2.36. The fraction of sp³-hybridized carbons (Fsp3) is 0.600. The van der Waals surface area contributed by atoms with E-state index < -0.39 is 10.0 Å². The third-order valence-corrected chi connectivity index (χ3v) is 6.28. The molecule has 0 unspecified atom stereocenters. The van der Waals surface area contributed by atoms with Crippen LogP contribution >= 0.6 is 15.9 Å². The summed E-state index contributed by atoms with van der Waals surface area (Å²) in [5.41, 5.74) is 0. The van der Waals surface area contributed by atoms with Crippen molar-refractivity contribution in [2.75, 3.05) is 14.2 Å². The van der Waals surface area contributed by atoms with Crippen LogP contribution in [0.5, 0.6) is 11.5 Å². The first-order valence-electron chi connectivity index (χ1n) is 7.33. The fourth-order valence-electron chi connectivity index (χ4n) is 2.80. The Kier molecular flexibility index (Phi) is 5.74. The molecule has 2 atom stereocenters. The van der Waals surface area contributed by atoms with Gasteiger partial charge in [0.05, 0.1) is 18.7 Å². The van der Waals surface area contributed by atoms with Gasteiger partial charge in [-0.15, -0.1) is 0 Å². The van der Waals surface area contributed by atoms with E-state index in [1.165, 1.54) is 20.3 Å². The molecule has 0 aliphatic heterocycles. The number of hydrogen-bond donors (Lipinski definition) is 1. The second kappa shape index (κ2) is 7.19. The Balaban J connectivity index is 2.35. The highest BCUT2D eigenvalue weighted by molar-refractivity contribution is 9.10. The van der Waals surface area contributed by atoms with Gasteiger partial charge in [-0.2, -0.15) is 0 Å². The number of halogens is 1. The summed E-state index contributed by atoms with van der Waals surface area (Å²) in [6.07, 6.45) is 4.14. The van der Waals surface area contributed by atoms with E-state index in [1.54, 1.807) is 6.07 Å². The largest absolute Gasteiger partial charge is 0.496 e. The summed E-state index contributed by atoms with van der Waals surface area (Å²) >= 11 is 3.34. The molecular weight excluding hydrogens is 370 g/mol. The van der Waals surface area contributed by atoms with Gasteiger partial charge in [0.1, 0.15) is 16.4 Å². The van der Waals surface area contributed by atoms with Crippen LogP contribution in [-0.2, 0) is 10.0 Å². The standard InChI is InChI=1S/C15H22BrNO4S/c1-10-6-4-5-7-12(10)17-22(18,19)15-9-13(20-2)11(16)8-14(15)21-3/h8-10,12,17H,4-7H2,1-3H3/t10-,12-/m1/s1. The quantitative estimate of drug-likeness (QED) is 0.835. The maximum Gasteiger partial charge on any atom is 0.244 e. The SMILES string of the molecule is COc1cc(S(=O)(=O)N[C@@H]2CCCC[C@H]2C)c(OC)cc1Br. The normalized spacial score (nSPS) is 22.4. The van der Waals surface area contributed by atoms with Crippen LogP contribution in [0.15, 0.2) is 21.5 Å². The van der Waals surface area contributed by atoms with Crippen LogP contribution in [0.3, 0.4) is 0 Å². The van der Waals surface area contributed by atoms with E-state index in [2.05, 4.69) is 27.6 Å². The van der Waals surface area contributed by atoms with Gasteiger partial charge in [-0.1, -0.05) is 19.8 Å². The lowest BCUT2D eigenvalue weighted by molar-refractivity contribution is 0.310. The van der Waals surface area contributed by atoms with Crippen molar-refractivity contribution >= 4 is 26.0 Å². The summed E-state index contributed by atoms with van der Waals surface area (Å²) in [6.45, 7) is 2.09. The number of ether oxygens (including phenoxy) is 2. The lowest BCUT2D eigenvalue weighted by Gasteiger charge is -2.29. The van der Waals surface area contributed by atoms with Gasteiger partial charge in [0.2, 0.25) is 10.0 Å². The predicted octanol–water partition coefficient (Wildman–Crippen LogP) is 3.32. The Morgan fingerprint density at radius 3 is 2.36 bits per heavy atom. The smallest absolute Gasteiger partial charge is 0.244 e. The number of methoxy groups -OCH3 is 2. The van der Waals surface area contributed by atoms with Crippen molar-refractivity contribution in [1.82, 2.24) is 4.72 Å². The molecular formula is C15H22BrNO4S. The number of hydrogen-bond acceptors (Lipinski definition) is 4. The molecule has 0 bridgehead atoms. The van der Waals surface area contributed by atoms with E-state index in [-0.39, 0.29) is 10.9 Å². The third kappa shape index (κ3) is 3.75. The van der Waals surface area contributed by atoms with Crippen LogP contribution in [0, 0.1) is 5.92 Å². The Morgan fingerprint density at radius 1 is 1.14 bits per heavy atom. The molecule has 1 N–H and O–H groups in total. The van der Waals surface area contributed by atoms with Crippen LogP contribution in [0.2, 0.25) is 0 Å². The minimum Gasteiger partial charge on any atom is -0.496 e. The molecule has 1 aliphatic rings. The van der Waals surface area contributed by atoms with Gasteiger partial charge in [-0.3, -0.25) is 0 Å².